The van der Waals surface area contributed by atoms with Gasteiger partial charge in [0.15, 0.2) is 0 Å². The molecule has 82 valence electrons. The number of hydrogen-bond donors (Lipinski definition) is 1. The molecule has 0 aromatic carbocycles. The lowest BCUT2D eigenvalue weighted by atomic mass is 9.95. The highest BCUT2D eigenvalue weighted by Gasteiger charge is 2.23. The Labute approximate surface area is 103 Å². The van der Waals surface area contributed by atoms with E-state index in [-0.39, 0.29) is 5.38 Å². The summed E-state index contributed by atoms with van der Waals surface area (Å²) >= 11 is 9.68. The monoisotopic (exact) mass is 289 g/mol. The molecule has 0 radical (unpaired) electrons. The van der Waals surface area contributed by atoms with Gasteiger partial charge in [-0.05, 0) is 28.8 Å². The molecule has 0 bridgehead atoms. The Hall–Kier alpha value is -0.350. The van der Waals surface area contributed by atoms with Gasteiger partial charge < -0.3 is 5.32 Å². The number of nitrogens with one attached hydrogen (secondary N) is 1. The Morgan fingerprint density at radius 3 is 2.93 bits per heavy atom. The van der Waals surface area contributed by atoms with Gasteiger partial charge in [-0.15, -0.1) is 11.6 Å². The number of anilines is 1. The Balaban J connectivity index is 2.04. The summed E-state index contributed by atoms with van der Waals surface area (Å²) in [6, 6.07) is 0.326. The van der Waals surface area contributed by atoms with E-state index in [4.69, 9.17) is 11.6 Å². The fraction of sp³-hybridized carbons (Fsp3) is 0.600. The second kappa shape index (κ2) is 5.12. The number of halogens is 2. The van der Waals surface area contributed by atoms with Crippen LogP contribution in [0.1, 0.15) is 25.7 Å². The van der Waals surface area contributed by atoms with Crippen LogP contribution in [0.15, 0.2) is 17.0 Å². The zero-order valence-electron chi connectivity index (χ0n) is 8.29. The average Bonchev–Trinajstić information content (AvgIpc) is 2.24. The van der Waals surface area contributed by atoms with Gasteiger partial charge in [-0.25, -0.2) is 9.97 Å². The Morgan fingerprint density at radius 1 is 1.40 bits per heavy atom. The van der Waals surface area contributed by atoms with E-state index in [9.17, 15) is 0 Å². The molecule has 1 aromatic rings. The highest BCUT2D eigenvalue weighted by Crippen LogP contribution is 2.27. The summed E-state index contributed by atoms with van der Waals surface area (Å²) in [6.07, 6.45) is 7.95. The van der Waals surface area contributed by atoms with Gasteiger partial charge in [0, 0.05) is 12.2 Å². The minimum Gasteiger partial charge on any atom is -0.365 e. The molecule has 1 fully saturated rings. The summed E-state index contributed by atoms with van der Waals surface area (Å²) in [5.41, 5.74) is 0. The molecule has 1 saturated carbocycles. The molecule has 5 heteroatoms. The summed E-state index contributed by atoms with van der Waals surface area (Å²) in [5, 5.41) is 3.58. The molecule has 2 unspecified atom stereocenters. The van der Waals surface area contributed by atoms with Crippen LogP contribution in [-0.4, -0.2) is 21.4 Å². The van der Waals surface area contributed by atoms with Crippen LogP contribution in [0.2, 0.25) is 0 Å². The Kier molecular flexibility index (Phi) is 3.81. The predicted molar refractivity (Wildman–Crippen MR) is 65.3 cm³/mol. The van der Waals surface area contributed by atoms with Crippen LogP contribution in [0.3, 0.4) is 0 Å². The van der Waals surface area contributed by atoms with Crippen molar-refractivity contribution in [2.24, 2.45) is 0 Å². The van der Waals surface area contributed by atoms with Crippen molar-refractivity contribution in [3.8, 4) is 0 Å². The van der Waals surface area contributed by atoms with Crippen LogP contribution >= 0.6 is 27.5 Å². The van der Waals surface area contributed by atoms with Crippen LogP contribution < -0.4 is 5.32 Å². The number of alkyl halides is 1. The van der Waals surface area contributed by atoms with Crippen molar-refractivity contribution in [1.82, 2.24) is 9.97 Å². The summed E-state index contributed by atoms with van der Waals surface area (Å²) in [6.45, 7) is 0. The number of rotatable bonds is 2. The van der Waals surface area contributed by atoms with Crippen molar-refractivity contribution in [1.29, 1.82) is 0 Å². The molecule has 0 spiro atoms. The van der Waals surface area contributed by atoms with E-state index >= 15 is 0 Å². The SMILES string of the molecule is ClC1CCCCC1Nc1ncncc1Br. The molecule has 1 heterocycles. The first-order valence-corrected chi connectivity index (χ1v) is 6.36. The number of aromatic nitrogens is 2. The fourth-order valence-electron chi connectivity index (χ4n) is 1.84. The van der Waals surface area contributed by atoms with Crippen molar-refractivity contribution in [3.05, 3.63) is 17.0 Å². The quantitative estimate of drug-likeness (QED) is 0.850. The first-order chi connectivity index (χ1) is 7.27. The molecule has 1 aliphatic rings. The molecule has 1 aliphatic carbocycles. The second-order valence-corrected chi connectivity index (χ2v) is 5.19. The molecule has 1 N–H and O–H groups in total. The summed E-state index contributed by atoms with van der Waals surface area (Å²) in [7, 11) is 0. The van der Waals surface area contributed by atoms with E-state index in [1.165, 1.54) is 12.8 Å². The van der Waals surface area contributed by atoms with E-state index in [0.717, 1.165) is 23.1 Å². The zero-order valence-corrected chi connectivity index (χ0v) is 10.6. The van der Waals surface area contributed by atoms with E-state index in [2.05, 4.69) is 31.2 Å². The zero-order chi connectivity index (χ0) is 10.7. The van der Waals surface area contributed by atoms with E-state index in [0.29, 0.717) is 6.04 Å². The Bertz CT molecular complexity index is 334. The van der Waals surface area contributed by atoms with Crippen LogP contribution in [0, 0.1) is 0 Å². The predicted octanol–water partition coefficient (Wildman–Crippen LogP) is 3.20. The standard InChI is InChI=1S/C10H13BrClN3/c11-7-5-13-6-14-10(7)15-9-4-2-1-3-8(9)12/h5-6,8-9H,1-4H2,(H,13,14,15). The van der Waals surface area contributed by atoms with Gasteiger partial charge in [0.1, 0.15) is 12.1 Å². The second-order valence-electron chi connectivity index (χ2n) is 3.77. The third-order valence-electron chi connectivity index (χ3n) is 2.67. The highest BCUT2D eigenvalue weighted by molar-refractivity contribution is 9.10. The molecule has 2 atom stereocenters. The van der Waals surface area contributed by atoms with Crippen LogP contribution in [-0.2, 0) is 0 Å². The van der Waals surface area contributed by atoms with Gasteiger partial charge in [0.25, 0.3) is 0 Å². The maximum absolute atomic E-state index is 6.26. The minimum atomic E-state index is 0.209. The third-order valence-corrected chi connectivity index (χ3v) is 3.77. The van der Waals surface area contributed by atoms with Crippen LogP contribution in [0.4, 0.5) is 5.82 Å². The number of nitrogens with zero attached hydrogens (tertiary/aromatic N) is 2. The van der Waals surface area contributed by atoms with Crippen LogP contribution in [0.25, 0.3) is 0 Å². The van der Waals surface area contributed by atoms with Crippen molar-refractivity contribution >= 4 is 33.3 Å². The molecule has 15 heavy (non-hydrogen) atoms. The fourth-order valence-corrected chi connectivity index (χ4v) is 2.52. The summed E-state index contributed by atoms with van der Waals surface area (Å²) in [4.78, 5) is 8.11. The molecule has 0 aliphatic heterocycles. The van der Waals surface area contributed by atoms with E-state index in [1.807, 2.05) is 0 Å². The molecule has 1 aromatic heterocycles. The molecule has 3 nitrogen and oxygen atoms in total. The van der Waals surface area contributed by atoms with Gasteiger partial charge in [-0.3, -0.25) is 0 Å². The van der Waals surface area contributed by atoms with Gasteiger partial charge in [-0.1, -0.05) is 12.8 Å². The summed E-state index contributed by atoms with van der Waals surface area (Å²) < 4.78 is 0.888. The first kappa shape index (κ1) is 11.1. The Morgan fingerprint density at radius 2 is 2.20 bits per heavy atom. The van der Waals surface area contributed by atoms with Gasteiger partial charge >= 0.3 is 0 Å². The van der Waals surface area contributed by atoms with Gasteiger partial charge in [0.2, 0.25) is 0 Å². The lowest BCUT2D eigenvalue weighted by molar-refractivity contribution is 0.468. The molecule has 2 rings (SSSR count). The third kappa shape index (κ3) is 2.82. The topological polar surface area (TPSA) is 37.8 Å². The summed E-state index contributed by atoms with van der Waals surface area (Å²) in [5.74, 6) is 0.836. The van der Waals surface area contributed by atoms with Crippen molar-refractivity contribution in [3.63, 3.8) is 0 Å². The van der Waals surface area contributed by atoms with Gasteiger partial charge in [0.05, 0.1) is 9.85 Å². The molecular weight excluding hydrogens is 277 g/mol. The normalized spacial score (nSPS) is 26.3. The van der Waals surface area contributed by atoms with E-state index in [1.54, 1.807) is 12.5 Å². The lowest BCUT2D eigenvalue weighted by Crippen LogP contribution is -2.33. The van der Waals surface area contributed by atoms with Gasteiger partial charge in [-0.2, -0.15) is 0 Å². The minimum absolute atomic E-state index is 0.209. The first-order valence-electron chi connectivity index (χ1n) is 5.13. The van der Waals surface area contributed by atoms with E-state index < -0.39 is 0 Å². The van der Waals surface area contributed by atoms with Crippen molar-refractivity contribution < 1.29 is 0 Å². The maximum atomic E-state index is 6.26. The smallest absolute Gasteiger partial charge is 0.144 e. The van der Waals surface area contributed by atoms with Crippen molar-refractivity contribution in [2.45, 2.75) is 37.1 Å². The number of hydrogen-bond acceptors (Lipinski definition) is 3. The lowest BCUT2D eigenvalue weighted by Gasteiger charge is -2.28. The van der Waals surface area contributed by atoms with Crippen LogP contribution in [0.5, 0.6) is 0 Å². The largest absolute Gasteiger partial charge is 0.365 e. The maximum Gasteiger partial charge on any atom is 0.144 e. The highest BCUT2D eigenvalue weighted by atomic mass is 79.9. The molecular formula is C10H13BrClN3. The average molecular weight is 291 g/mol. The molecule has 0 amide bonds. The van der Waals surface area contributed by atoms with Crippen molar-refractivity contribution in [2.75, 3.05) is 5.32 Å². The molecule has 0 saturated heterocycles.